The van der Waals surface area contributed by atoms with E-state index in [1.165, 1.54) is 41.7 Å². The number of nitrogens with one attached hydrogen (secondary N) is 1. The molecule has 118 valence electrons. The van der Waals surface area contributed by atoms with E-state index in [1.807, 2.05) is 0 Å². The van der Waals surface area contributed by atoms with Gasteiger partial charge in [-0.2, -0.15) is 5.10 Å². The number of aryl methyl sites for hydroxylation is 2. The fraction of sp³-hybridized carbons (Fsp3) is 0.812. The Balaban J connectivity index is 1.75. The van der Waals surface area contributed by atoms with E-state index in [9.17, 15) is 0 Å². The lowest BCUT2D eigenvalue weighted by Gasteiger charge is -2.34. The predicted octanol–water partition coefficient (Wildman–Crippen LogP) is 2.71. The molecule has 1 unspecified atom stereocenters. The van der Waals surface area contributed by atoms with E-state index in [-0.39, 0.29) is 0 Å². The average molecular weight is 355 g/mol. The lowest BCUT2D eigenvalue weighted by Crippen LogP contribution is -2.50. The van der Waals surface area contributed by atoms with E-state index in [0.29, 0.717) is 5.54 Å². The summed E-state index contributed by atoms with van der Waals surface area (Å²) in [6.45, 7) is 9.05. The molecule has 1 saturated carbocycles. The second kappa shape index (κ2) is 6.01. The third-order valence-electron chi connectivity index (χ3n) is 5.09. The number of hydrogen-bond donors (Lipinski definition) is 1. The number of nitrogens with zero attached hydrogens (tertiary/aromatic N) is 3. The Hall–Kier alpha value is -0.390. The smallest absolute Gasteiger partial charge is 0.0767 e. The van der Waals surface area contributed by atoms with Gasteiger partial charge in [0.15, 0.2) is 0 Å². The predicted molar refractivity (Wildman–Crippen MR) is 89.3 cm³/mol. The molecule has 1 atom stereocenters. The first kappa shape index (κ1) is 15.5. The van der Waals surface area contributed by atoms with Crippen LogP contribution in [0.2, 0.25) is 0 Å². The molecule has 1 aromatic heterocycles. The van der Waals surface area contributed by atoms with Crippen molar-refractivity contribution in [2.75, 3.05) is 19.6 Å². The van der Waals surface area contributed by atoms with Crippen molar-refractivity contribution in [3.05, 3.63) is 15.9 Å². The minimum Gasteiger partial charge on any atom is -0.310 e. The molecule has 2 fully saturated rings. The molecule has 1 aliphatic carbocycles. The molecule has 0 bridgehead atoms. The van der Waals surface area contributed by atoms with Crippen LogP contribution in [0, 0.1) is 5.92 Å². The summed E-state index contributed by atoms with van der Waals surface area (Å²) >= 11 is 3.75. The maximum Gasteiger partial charge on any atom is 0.0767 e. The molecule has 0 aromatic carbocycles. The van der Waals surface area contributed by atoms with E-state index >= 15 is 0 Å². The molecule has 0 spiro atoms. The van der Waals surface area contributed by atoms with Gasteiger partial charge in [0.2, 0.25) is 0 Å². The normalized spacial score (nSPS) is 27.8. The van der Waals surface area contributed by atoms with Crippen LogP contribution in [0.4, 0.5) is 0 Å². The fourth-order valence-electron chi connectivity index (χ4n) is 3.61. The quantitative estimate of drug-likeness (QED) is 0.902. The minimum atomic E-state index is 0.301. The van der Waals surface area contributed by atoms with E-state index in [2.05, 4.69) is 56.8 Å². The Morgan fingerprint density at radius 1 is 1.43 bits per heavy atom. The zero-order chi connectivity index (χ0) is 15.0. The van der Waals surface area contributed by atoms with Gasteiger partial charge in [-0.05, 0) is 67.5 Å². The first-order valence-electron chi connectivity index (χ1n) is 8.21. The van der Waals surface area contributed by atoms with Crippen molar-refractivity contribution in [1.82, 2.24) is 20.0 Å². The molecule has 1 aliphatic heterocycles. The van der Waals surface area contributed by atoms with Gasteiger partial charge in [-0.25, -0.2) is 0 Å². The van der Waals surface area contributed by atoms with E-state index in [1.54, 1.807) is 0 Å². The summed E-state index contributed by atoms with van der Waals surface area (Å²) < 4.78 is 3.26. The molecule has 4 nitrogen and oxygen atoms in total. The summed E-state index contributed by atoms with van der Waals surface area (Å²) in [5.74, 6) is 0.874. The Morgan fingerprint density at radius 3 is 2.81 bits per heavy atom. The Kier molecular flexibility index (Phi) is 4.44. The monoisotopic (exact) mass is 354 g/mol. The first-order chi connectivity index (χ1) is 10.0. The highest BCUT2D eigenvalue weighted by Crippen LogP contribution is 2.40. The number of hydrogen-bond acceptors (Lipinski definition) is 3. The summed E-state index contributed by atoms with van der Waals surface area (Å²) in [4.78, 5) is 2.61. The fourth-order valence-corrected chi connectivity index (χ4v) is 4.35. The minimum absolute atomic E-state index is 0.301. The number of halogens is 1. The average Bonchev–Trinajstić information content (AvgIpc) is 3.26. The lowest BCUT2D eigenvalue weighted by atomic mass is 9.95. The van der Waals surface area contributed by atoms with Crippen LogP contribution in [-0.4, -0.2) is 39.9 Å². The summed E-state index contributed by atoms with van der Waals surface area (Å²) in [5, 5.41) is 8.43. The number of aromatic nitrogens is 2. The van der Waals surface area contributed by atoms with Crippen LogP contribution < -0.4 is 5.32 Å². The maximum atomic E-state index is 4.63. The standard InChI is InChI=1S/C16H27BrN4/c1-4-13-15(17)14(20(3)19-13)10-21-9-5-8-18-16(2,11-21)12-6-7-12/h12,18H,4-11H2,1-3H3. The topological polar surface area (TPSA) is 33.1 Å². The van der Waals surface area contributed by atoms with Crippen LogP contribution in [0.5, 0.6) is 0 Å². The lowest BCUT2D eigenvalue weighted by molar-refractivity contribution is 0.191. The summed E-state index contributed by atoms with van der Waals surface area (Å²) in [7, 11) is 2.06. The van der Waals surface area contributed by atoms with Crippen molar-refractivity contribution in [3.63, 3.8) is 0 Å². The van der Waals surface area contributed by atoms with Crippen LogP contribution in [-0.2, 0) is 20.0 Å². The zero-order valence-corrected chi connectivity index (χ0v) is 15.0. The molecule has 0 radical (unpaired) electrons. The van der Waals surface area contributed by atoms with Gasteiger partial charge in [0.05, 0.1) is 15.9 Å². The molecule has 0 amide bonds. The van der Waals surface area contributed by atoms with Crippen molar-refractivity contribution in [1.29, 1.82) is 0 Å². The van der Waals surface area contributed by atoms with Crippen molar-refractivity contribution in [3.8, 4) is 0 Å². The van der Waals surface area contributed by atoms with Crippen LogP contribution in [0.25, 0.3) is 0 Å². The second-order valence-electron chi connectivity index (χ2n) is 6.87. The molecule has 5 heteroatoms. The highest BCUT2D eigenvalue weighted by Gasteiger charge is 2.43. The molecular weight excluding hydrogens is 328 g/mol. The second-order valence-corrected chi connectivity index (χ2v) is 7.66. The van der Waals surface area contributed by atoms with Crippen molar-refractivity contribution in [2.24, 2.45) is 13.0 Å². The highest BCUT2D eigenvalue weighted by molar-refractivity contribution is 9.10. The van der Waals surface area contributed by atoms with Crippen LogP contribution in [0.3, 0.4) is 0 Å². The summed E-state index contributed by atoms with van der Waals surface area (Å²) in [6.07, 6.45) is 5.01. The van der Waals surface area contributed by atoms with Gasteiger partial charge >= 0.3 is 0 Å². The summed E-state index contributed by atoms with van der Waals surface area (Å²) in [5.41, 5.74) is 2.78. The third-order valence-corrected chi connectivity index (χ3v) is 6.00. The van der Waals surface area contributed by atoms with E-state index in [0.717, 1.165) is 32.0 Å². The molecular formula is C16H27BrN4. The van der Waals surface area contributed by atoms with Crippen LogP contribution in [0.15, 0.2) is 4.47 Å². The van der Waals surface area contributed by atoms with Crippen molar-refractivity contribution in [2.45, 2.75) is 51.6 Å². The third kappa shape index (κ3) is 3.20. The molecule has 3 rings (SSSR count). The van der Waals surface area contributed by atoms with Crippen LogP contribution >= 0.6 is 15.9 Å². The van der Waals surface area contributed by atoms with Gasteiger partial charge in [0, 0.05) is 25.7 Å². The summed E-state index contributed by atoms with van der Waals surface area (Å²) in [6, 6.07) is 0. The molecule has 2 aliphatic rings. The maximum absolute atomic E-state index is 4.63. The molecule has 1 saturated heterocycles. The zero-order valence-electron chi connectivity index (χ0n) is 13.5. The van der Waals surface area contributed by atoms with Crippen molar-refractivity contribution < 1.29 is 0 Å². The van der Waals surface area contributed by atoms with Gasteiger partial charge in [-0.1, -0.05) is 6.92 Å². The van der Waals surface area contributed by atoms with E-state index < -0.39 is 0 Å². The van der Waals surface area contributed by atoms with Gasteiger partial charge in [0.25, 0.3) is 0 Å². The van der Waals surface area contributed by atoms with Crippen LogP contribution in [0.1, 0.15) is 44.5 Å². The largest absolute Gasteiger partial charge is 0.310 e. The van der Waals surface area contributed by atoms with E-state index in [4.69, 9.17) is 0 Å². The Morgan fingerprint density at radius 2 is 2.19 bits per heavy atom. The van der Waals surface area contributed by atoms with Gasteiger partial charge < -0.3 is 5.32 Å². The van der Waals surface area contributed by atoms with Gasteiger partial charge in [-0.3, -0.25) is 9.58 Å². The molecule has 1 N–H and O–H groups in total. The number of rotatable bonds is 4. The highest BCUT2D eigenvalue weighted by atomic mass is 79.9. The van der Waals surface area contributed by atoms with Gasteiger partial charge in [0.1, 0.15) is 0 Å². The Labute approximate surface area is 136 Å². The molecule has 2 heterocycles. The molecule has 1 aromatic rings. The first-order valence-corrected chi connectivity index (χ1v) is 9.00. The van der Waals surface area contributed by atoms with Crippen molar-refractivity contribution >= 4 is 15.9 Å². The SMILES string of the molecule is CCc1nn(C)c(CN2CCCNC(C)(C3CC3)C2)c1Br. The van der Waals surface area contributed by atoms with Gasteiger partial charge in [-0.15, -0.1) is 0 Å². The molecule has 21 heavy (non-hydrogen) atoms. The Bertz CT molecular complexity index is 509.